The van der Waals surface area contributed by atoms with E-state index in [0.29, 0.717) is 29.0 Å². The first-order valence-corrected chi connectivity index (χ1v) is 9.30. The Labute approximate surface area is 173 Å². The van der Waals surface area contributed by atoms with E-state index in [1.807, 2.05) is 6.07 Å². The van der Waals surface area contributed by atoms with Gasteiger partial charge in [-0.05, 0) is 35.9 Å². The van der Waals surface area contributed by atoms with Crippen LogP contribution in [0.25, 0.3) is 11.3 Å². The van der Waals surface area contributed by atoms with E-state index in [1.54, 1.807) is 37.6 Å². The molecule has 1 aromatic heterocycles. The summed E-state index contributed by atoms with van der Waals surface area (Å²) < 4.78 is 38.5. The van der Waals surface area contributed by atoms with E-state index < -0.39 is 17.5 Å². The fourth-order valence-corrected chi connectivity index (χ4v) is 3.07. The van der Waals surface area contributed by atoms with Gasteiger partial charge in [0.05, 0.1) is 24.5 Å². The van der Waals surface area contributed by atoms with Gasteiger partial charge in [-0.1, -0.05) is 18.2 Å². The first-order valence-electron chi connectivity index (χ1n) is 9.30. The highest BCUT2D eigenvalue weighted by molar-refractivity contribution is 5.95. The zero-order chi connectivity index (χ0) is 21.5. The summed E-state index contributed by atoms with van der Waals surface area (Å²) in [5, 5.41) is 2.63. The Bertz CT molecular complexity index is 1040. The summed E-state index contributed by atoms with van der Waals surface area (Å²) in [7, 11) is 3.06. The highest BCUT2D eigenvalue weighted by atomic mass is 19.1. The van der Waals surface area contributed by atoms with Gasteiger partial charge >= 0.3 is 0 Å². The molecule has 0 saturated carbocycles. The Morgan fingerprint density at radius 1 is 0.967 bits per heavy atom. The van der Waals surface area contributed by atoms with Crippen molar-refractivity contribution < 1.29 is 23.0 Å². The monoisotopic (exact) mass is 412 g/mol. The fourth-order valence-electron chi connectivity index (χ4n) is 3.07. The Kier molecular flexibility index (Phi) is 7.21. The van der Waals surface area contributed by atoms with Crippen molar-refractivity contribution in [3.8, 4) is 11.3 Å². The molecule has 3 aromatic rings. The minimum Gasteiger partial charge on any atom is -0.380 e. The van der Waals surface area contributed by atoms with Gasteiger partial charge in [0.1, 0.15) is 11.6 Å². The number of pyridine rings is 1. The summed E-state index contributed by atoms with van der Waals surface area (Å²) in [6.07, 6.45) is 1.62. The zero-order valence-electron chi connectivity index (χ0n) is 16.7. The van der Waals surface area contributed by atoms with Crippen molar-refractivity contribution in [2.45, 2.75) is 19.8 Å². The summed E-state index contributed by atoms with van der Waals surface area (Å²) in [5.41, 5.74) is 2.91. The summed E-state index contributed by atoms with van der Waals surface area (Å²) in [6.45, 7) is 0.562. The second-order valence-corrected chi connectivity index (χ2v) is 6.68. The number of methoxy groups -OCH3 is 2. The number of nitrogens with one attached hydrogen (secondary N) is 1. The number of carbonyl (C=O) groups is 1. The first-order chi connectivity index (χ1) is 14.5. The van der Waals surface area contributed by atoms with Gasteiger partial charge in [-0.3, -0.25) is 9.78 Å². The number of amides is 1. The average Bonchev–Trinajstić information content (AvgIpc) is 2.75. The van der Waals surface area contributed by atoms with E-state index in [1.165, 1.54) is 25.3 Å². The SMILES string of the molecule is COCc1ccc(CNC(=O)c2cc(-c3ncccc3COC)ccc2F)cc1F. The largest absolute Gasteiger partial charge is 0.380 e. The number of ether oxygens (including phenoxy) is 2. The van der Waals surface area contributed by atoms with Crippen LogP contribution in [0.5, 0.6) is 0 Å². The molecule has 0 saturated heterocycles. The molecule has 0 atom stereocenters. The third-order valence-corrected chi connectivity index (χ3v) is 4.55. The van der Waals surface area contributed by atoms with Gasteiger partial charge in [0.2, 0.25) is 0 Å². The van der Waals surface area contributed by atoms with Crippen LogP contribution in [0.3, 0.4) is 0 Å². The Hall–Kier alpha value is -3.16. The van der Waals surface area contributed by atoms with Gasteiger partial charge in [0.25, 0.3) is 5.91 Å². The van der Waals surface area contributed by atoms with Gasteiger partial charge in [-0.2, -0.15) is 0 Å². The third-order valence-electron chi connectivity index (χ3n) is 4.55. The summed E-state index contributed by atoms with van der Waals surface area (Å²) >= 11 is 0. The lowest BCUT2D eigenvalue weighted by atomic mass is 10.0. The lowest BCUT2D eigenvalue weighted by molar-refractivity contribution is 0.0947. The van der Waals surface area contributed by atoms with Gasteiger partial charge < -0.3 is 14.8 Å². The molecule has 156 valence electrons. The van der Waals surface area contributed by atoms with Crippen molar-refractivity contribution in [2.24, 2.45) is 0 Å². The number of carbonyl (C=O) groups excluding carboxylic acids is 1. The maximum atomic E-state index is 14.3. The molecule has 0 aliphatic rings. The maximum absolute atomic E-state index is 14.3. The van der Waals surface area contributed by atoms with Crippen LogP contribution in [-0.2, 0) is 29.2 Å². The van der Waals surface area contributed by atoms with Crippen LogP contribution < -0.4 is 5.32 Å². The van der Waals surface area contributed by atoms with Crippen LogP contribution in [0.1, 0.15) is 27.0 Å². The Balaban J connectivity index is 1.78. The molecule has 1 amide bonds. The van der Waals surface area contributed by atoms with Crippen LogP contribution in [0.15, 0.2) is 54.7 Å². The van der Waals surface area contributed by atoms with Gasteiger partial charge in [0, 0.05) is 43.7 Å². The minimum atomic E-state index is -0.651. The molecule has 0 spiro atoms. The van der Waals surface area contributed by atoms with Crippen molar-refractivity contribution >= 4 is 5.91 Å². The van der Waals surface area contributed by atoms with Crippen molar-refractivity contribution in [1.82, 2.24) is 10.3 Å². The number of benzene rings is 2. The second-order valence-electron chi connectivity index (χ2n) is 6.68. The first kappa shape index (κ1) is 21.5. The van der Waals surface area contributed by atoms with E-state index in [-0.39, 0.29) is 18.7 Å². The van der Waals surface area contributed by atoms with Crippen LogP contribution in [0, 0.1) is 11.6 Å². The van der Waals surface area contributed by atoms with Gasteiger partial charge in [-0.15, -0.1) is 0 Å². The Morgan fingerprint density at radius 2 is 1.73 bits per heavy atom. The van der Waals surface area contributed by atoms with E-state index in [4.69, 9.17) is 9.47 Å². The molecule has 0 bridgehead atoms. The minimum absolute atomic E-state index is 0.0607. The summed E-state index contributed by atoms with van der Waals surface area (Å²) in [4.78, 5) is 16.9. The van der Waals surface area contributed by atoms with Gasteiger partial charge in [0.15, 0.2) is 0 Å². The zero-order valence-corrected chi connectivity index (χ0v) is 16.7. The predicted molar refractivity (Wildman–Crippen MR) is 109 cm³/mol. The van der Waals surface area contributed by atoms with Crippen molar-refractivity contribution in [3.05, 3.63) is 88.6 Å². The molecule has 5 nitrogen and oxygen atoms in total. The highest BCUT2D eigenvalue weighted by Gasteiger charge is 2.15. The fraction of sp³-hybridized carbons (Fsp3) is 0.217. The number of halogens is 2. The molecule has 7 heteroatoms. The lowest BCUT2D eigenvalue weighted by Gasteiger charge is -2.11. The topological polar surface area (TPSA) is 60.5 Å². The number of hydrogen-bond acceptors (Lipinski definition) is 4. The quantitative estimate of drug-likeness (QED) is 0.601. The molecule has 2 aromatic carbocycles. The molecular formula is C23H22F2N2O3. The normalized spacial score (nSPS) is 10.8. The van der Waals surface area contributed by atoms with Crippen LogP contribution >= 0.6 is 0 Å². The molecule has 0 aliphatic heterocycles. The van der Waals surface area contributed by atoms with E-state index >= 15 is 0 Å². The standard InChI is InChI=1S/C23H22F2N2O3/c1-29-13-17-6-5-15(10-21(17)25)12-27-23(28)19-11-16(7-8-20(19)24)22-18(14-30-2)4-3-9-26-22/h3-11H,12-14H2,1-2H3,(H,27,28). The van der Waals surface area contributed by atoms with Gasteiger partial charge in [-0.25, -0.2) is 8.78 Å². The molecule has 3 rings (SSSR count). The molecule has 30 heavy (non-hydrogen) atoms. The van der Waals surface area contributed by atoms with E-state index in [9.17, 15) is 13.6 Å². The van der Waals surface area contributed by atoms with Crippen LogP contribution in [0.2, 0.25) is 0 Å². The number of aromatic nitrogens is 1. The average molecular weight is 412 g/mol. The molecular weight excluding hydrogens is 390 g/mol. The van der Waals surface area contributed by atoms with Crippen LogP contribution in [0.4, 0.5) is 8.78 Å². The van der Waals surface area contributed by atoms with Crippen molar-refractivity contribution in [2.75, 3.05) is 14.2 Å². The molecule has 0 radical (unpaired) electrons. The highest BCUT2D eigenvalue weighted by Crippen LogP contribution is 2.24. The molecule has 1 heterocycles. The predicted octanol–water partition coefficient (Wildman–Crippen LogP) is 4.25. The van der Waals surface area contributed by atoms with Crippen LogP contribution in [-0.4, -0.2) is 25.1 Å². The molecule has 1 N–H and O–H groups in total. The molecule has 0 fully saturated rings. The molecule has 0 aliphatic carbocycles. The summed E-state index contributed by atoms with van der Waals surface area (Å²) in [5.74, 6) is -1.67. The van der Waals surface area contributed by atoms with Crippen molar-refractivity contribution in [1.29, 1.82) is 0 Å². The summed E-state index contributed by atoms with van der Waals surface area (Å²) in [6, 6.07) is 12.5. The number of rotatable bonds is 8. The van der Waals surface area contributed by atoms with E-state index in [0.717, 1.165) is 5.56 Å². The number of hydrogen-bond donors (Lipinski definition) is 1. The maximum Gasteiger partial charge on any atom is 0.254 e. The Morgan fingerprint density at radius 3 is 2.47 bits per heavy atom. The number of nitrogens with zero attached hydrogens (tertiary/aromatic N) is 1. The molecule has 0 unspecified atom stereocenters. The smallest absolute Gasteiger partial charge is 0.254 e. The van der Waals surface area contributed by atoms with E-state index in [2.05, 4.69) is 10.3 Å². The third kappa shape index (κ3) is 5.06. The second kappa shape index (κ2) is 10.0. The van der Waals surface area contributed by atoms with Crippen molar-refractivity contribution in [3.63, 3.8) is 0 Å². The lowest BCUT2D eigenvalue weighted by Crippen LogP contribution is -2.24.